The molecule has 9 nitrogen and oxygen atoms in total. The Kier molecular flexibility index (Phi) is 6.43. The van der Waals surface area contributed by atoms with E-state index in [1.807, 2.05) is 18.2 Å². The SMILES string of the molecule is Cc1nc2ccccc2c(=O)n1-c1ccc(NC(=O)[C@@H]2CCCN(S(=O)(=O)N3CCCC3)C2)cc1. The molecule has 1 amide bonds. The zero-order chi connectivity index (χ0) is 24.6. The molecule has 0 aliphatic carbocycles. The summed E-state index contributed by atoms with van der Waals surface area (Å²) in [4.78, 5) is 30.5. The first-order chi connectivity index (χ1) is 16.8. The molecule has 35 heavy (non-hydrogen) atoms. The molecule has 3 heterocycles. The molecule has 2 aliphatic heterocycles. The van der Waals surface area contributed by atoms with Crippen molar-refractivity contribution in [1.29, 1.82) is 0 Å². The number of rotatable bonds is 5. The smallest absolute Gasteiger partial charge is 0.281 e. The summed E-state index contributed by atoms with van der Waals surface area (Å²) < 4.78 is 30.4. The highest BCUT2D eigenvalue weighted by atomic mass is 32.2. The maximum Gasteiger partial charge on any atom is 0.281 e. The van der Waals surface area contributed by atoms with Crippen LogP contribution in [-0.2, 0) is 15.0 Å². The summed E-state index contributed by atoms with van der Waals surface area (Å²) in [5, 5.41) is 3.46. The van der Waals surface area contributed by atoms with E-state index in [1.54, 1.807) is 41.8 Å². The van der Waals surface area contributed by atoms with Crippen LogP contribution in [0, 0.1) is 12.8 Å². The molecule has 0 bridgehead atoms. The summed E-state index contributed by atoms with van der Waals surface area (Å²) in [7, 11) is -3.51. The van der Waals surface area contributed by atoms with Gasteiger partial charge in [-0.05, 0) is 69.0 Å². The first-order valence-electron chi connectivity index (χ1n) is 12.0. The van der Waals surface area contributed by atoms with Crippen LogP contribution < -0.4 is 10.9 Å². The van der Waals surface area contributed by atoms with Crippen LogP contribution in [0.15, 0.2) is 53.3 Å². The molecule has 0 unspecified atom stereocenters. The topological polar surface area (TPSA) is 105 Å². The summed E-state index contributed by atoms with van der Waals surface area (Å²) >= 11 is 0. The lowest BCUT2D eigenvalue weighted by atomic mass is 9.98. The lowest BCUT2D eigenvalue weighted by Crippen LogP contribution is -2.49. The summed E-state index contributed by atoms with van der Waals surface area (Å²) in [5.41, 5.74) is 1.76. The molecule has 2 aromatic carbocycles. The number of amides is 1. The summed E-state index contributed by atoms with van der Waals surface area (Å²) in [6, 6.07) is 14.3. The van der Waals surface area contributed by atoms with Crippen molar-refractivity contribution in [3.8, 4) is 5.69 Å². The minimum Gasteiger partial charge on any atom is -0.326 e. The fourth-order valence-electron chi connectivity index (χ4n) is 4.93. The van der Waals surface area contributed by atoms with Crippen molar-refractivity contribution in [1.82, 2.24) is 18.2 Å². The summed E-state index contributed by atoms with van der Waals surface area (Å²) in [6.07, 6.45) is 3.07. The molecule has 10 heteroatoms. The Hall–Kier alpha value is -3.08. The van der Waals surface area contributed by atoms with E-state index >= 15 is 0 Å². The molecule has 2 fully saturated rings. The summed E-state index contributed by atoms with van der Waals surface area (Å²) in [6.45, 7) is 3.54. The van der Waals surface area contributed by atoms with Gasteiger partial charge in [0.25, 0.3) is 15.8 Å². The standard InChI is InChI=1S/C25H29N5O4S/c1-18-26-23-9-3-2-8-22(23)25(32)30(18)21-12-10-20(11-13-21)27-24(31)19-7-6-16-29(17-19)35(33,34)28-14-4-5-15-28/h2-3,8-13,19H,4-7,14-17H2,1H3,(H,27,31)/t19-/m1/s1. The zero-order valence-electron chi connectivity index (χ0n) is 19.7. The van der Waals surface area contributed by atoms with Crippen molar-refractivity contribution in [2.24, 2.45) is 5.92 Å². The molecule has 1 N–H and O–H groups in total. The van der Waals surface area contributed by atoms with Crippen LogP contribution in [0.4, 0.5) is 5.69 Å². The third-order valence-corrected chi connectivity index (χ3v) is 8.81. The number of aromatic nitrogens is 2. The number of carbonyl (C=O) groups excluding carboxylic acids is 1. The first-order valence-corrected chi connectivity index (χ1v) is 13.4. The van der Waals surface area contributed by atoms with Gasteiger partial charge in [-0.25, -0.2) is 4.98 Å². The number of aryl methyl sites for hydroxylation is 1. The average Bonchev–Trinajstić information content (AvgIpc) is 3.41. The van der Waals surface area contributed by atoms with Gasteiger partial charge in [-0.3, -0.25) is 14.2 Å². The lowest BCUT2D eigenvalue weighted by molar-refractivity contribution is -0.120. The van der Waals surface area contributed by atoms with Crippen molar-refractivity contribution in [3.63, 3.8) is 0 Å². The number of benzene rings is 2. The lowest BCUT2D eigenvalue weighted by Gasteiger charge is -2.33. The van der Waals surface area contributed by atoms with Gasteiger partial charge in [0.1, 0.15) is 5.82 Å². The van der Waals surface area contributed by atoms with E-state index in [0.717, 1.165) is 12.8 Å². The van der Waals surface area contributed by atoms with Crippen molar-refractivity contribution >= 4 is 32.7 Å². The Labute approximate surface area is 204 Å². The molecule has 0 saturated carbocycles. The monoisotopic (exact) mass is 495 g/mol. The van der Waals surface area contributed by atoms with Crippen LogP contribution in [0.1, 0.15) is 31.5 Å². The quantitative estimate of drug-likeness (QED) is 0.586. The normalized spacial score (nSPS) is 19.7. The van der Waals surface area contributed by atoms with Gasteiger partial charge in [0.2, 0.25) is 5.91 Å². The Morgan fingerprint density at radius 1 is 0.971 bits per heavy atom. The van der Waals surface area contributed by atoms with E-state index in [2.05, 4.69) is 10.3 Å². The zero-order valence-corrected chi connectivity index (χ0v) is 20.5. The highest BCUT2D eigenvalue weighted by Crippen LogP contribution is 2.25. The molecule has 1 atom stereocenters. The van der Waals surface area contributed by atoms with Crippen molar-refractivity contribution in [2.75, 3.05) is 31.5 Å². The molecule has 2 saturated heterocycles. The largest absolute Gasteiger partial charge is 0.326 e. The van der Waals surface area contributed by atoms with E-state index in [4.69, 9.17) is 0 Å². The highest BCUT2D eigenvalue weighted by Gasteiger charge is 2.36. The van der Waals surface area contributed by atoms with Gasteiger partial charge >= 0.3 is 0 Å². The van der Waals surface area contributed by atoms with Gasteiger partial charge < -0.3 is 5.32 Å². The van der Waals surface area contributed by atoms with Crippen molar-refractivity contribution < 1.29 is 13.2 Å². The van der Waals surface area contributed by atoms with Crippen LogP contribution in [-0.4, -0.2) is 58.7 Å². The Balaban J connectivity index is 1.30. The predicted molar refractivity (Wildman–Crippen MR) is 135 cm³/mol. The maximum atomic E-state index is 13.0. The maximum absolute atomic E-state index is 13.0. The second kappa shape index (κ2) is 9.52. The van der Waals surface area contributed by atoms with E-state index < -0.39 is 16.1 Å². The number of hydrogen-bond acceptors (Lipinski definition) is 5. The van der Waals surface area contributed by atoms with Gasteiger partial charge in [0.15, 0.2) is 0 Å². The van der Waals surface area contributed by atoms with Crippen LogP contribution in [0.3, 0.4) is 0 Å². The van der Waals surface area contributed by atoms with Gasteiger partial charge in [-0.2, -0.15) is 17.0 Å². The van der Waals surface area contributed by atoms with Crippen LogP contribution in [0.5, 0.6) is 0 Å². The third-order valence-electron chi connectivity index (χ3n) is 6.81. The number of para-hydroxylation sites is 1. The third kappa shape index (κ3) is 4.61. The number of anilines is 1. The number of fused-ring (bicyclic) bond motifs is 1. The fourth-order valence-corrected chi connectivity index (χ4v) is 6.71. The Morgan fingerprint density at radius 3 is 2.40 bits per heavy atom. The Bertz CT molecular complexity index is 1410. The van der Waals surface area contributed by atoms with E-state index in [-0.39, 0.29) is 18.0 Å². The first kappa shape index (κ1) is 23.7. The van der Waals surface area contributed by atoms with Gasteiger partial charge in [-0.15, -0.1) is 0 Å². The molecule has 1 aromatic heterocycles. The predicted octanol–water partition coefficient (Wildman–Crippen LogP) is 2.69. The molecular weight excluding hydrogens is 466 g/mol. The summed E-state index contributed by atoms with van der Waals surface area (Å²) in [5.74, 6) is -0.0258. The van der Waals surface area contributed by atoms with E-state index in [9.17, 15) is 18.0 Å². The highest BCUT2D eigenvalue weighted by molar-refractivity contribution is 7.86. The van der Waals surface area contributed by atoms with Crippen molar-refractivity contribution in [3.05, 3.63) is 64.7 Å². The van der Waals surface area contributed by atoms with E-state index in [0.29, 0.717) is 60.6 Å². The van der Waals surface area contributed by atoms with Crippen LogP contribution in [0.25, 0.3) is 16.6 Å². The number of carbonyl (C=O) groups is 1. The fraction of sp³-hybridized carbons (Fsp3) is 0.400. The molecule has 2 aliphatic rings. The minimum atomic E-state index is -3.51. The van der Waals surface area contributed by atoms with Crippen LogP contribution >= 0.6 is 0 Å². The van der Waals surface area contributed by atoms with Crippen LogP contribution in [0.2, 0.25) is 0 Å². The molecule has 3 aromatic rings. The molecule has 0 spiro atoms. The van der Waals surface area contributed by atoms with Gasteiger partial charge in [-0.1, -0.05) is 12.1 Å². The van der Waals surface area contributed by atoms with Crippen molar-refractivity contribution in [2.45, 2.75) is 32.6 Å². The molecule has 0 radical (unpaired) electrons. The van der Waals surface area contributed by atoms with Gasteiger partial charge in [0, 0.05) is 31.9 Å². The number of nitrogens with zero attached hydrogens (tertiary/aromatic N) is 4. The van der Waals surface area contributed by atoms with E-state index in [1.165, 1.54) is 8.61 Å². The number of piperidine rings is 1. The van der Waals surface area contributed by atoms with Gasteiger partial charge in [0.05, 0.1) is 22.5 Å². The minimum absolute atomic E-state index is 0.147. The molecule has 5 rings (SSSR count). The second-order valence-corrected chi connectivity index (χ2v) is 11.1. The molecule has 184 valence electrons. The Morgan fingerprint density at radius 2 is 1.66 bits per heavy atom. The number of hydrogen-bond donors (Lipinski definition) is 1. The molecular formula is C25H29N5O4S. The number of nitrogens with one attached hydrogen (secondary N) is 1. The second-order valence-electron chi connectivity index (χ2n) is 9.16. The average molecular weight is 496 g/mol.